The van der Waals surface area contributed by atoms with Crippen molar-refractivity contribution < 1.29 is 14.1 Å². The number of halogens is 1. The van der Waals surface area contributed by atoms with E-state index in [1.165, 1.54) is 12.1 Å². The smallest absolute Gasteiger partial charge is 0.306 e. The lowest BCUT2D eigenvalue weighted by Gasteiger charge is -2.11. The Morgan fingerprint density at radius 2 is 2.05 bits per heavy atom. The maximum absolute atomic E-state index is 13.3. The highest BCUT2D eigenvalue weighted by Gasteiger charge is 2.14. The monoisotopic (exact) mass is 290 g/mol. The molecule has 0 saturated heterocycles. The minimum absolute atomic E-state index is 0.430. The minimum Gasteiger partial charge on any atom is -0.494 e. The van der Waals surface area contributed by atoms with E-state index in [1.54, 1.807) is 0 Å². The summed E-state index contributed by atoms with van der Waals surface area (Å²) in [6, 6.07) is 11.2. The van der Waals surface area contributed by atoms with Crippen molar-refractivity contribution in [3.05, 3.63) is 64.0 Å². The van der Waals surface area contributed by atoms with E-state index in [1.807, 2.05) is 31.2 Å². The Kier molecular flexibility index (Phi) is 4.71. The van der Waals surface area contributed by atoms with Gasteiger partial charge in [-0.2, -0.15) is 4.39 Å². The number of hydrogen-bond donors (Lipinski definition) is 1. The topological polar surface area (TPSA) is 64.4 Å². The second-order valence-corrected chi connectivity index (χ2v) is 4.32. The molecule has 0 aliphatic carbocycles. The highest BCUT2D eigenvalue weighted by Crippen LogP contribution is 2.23. The molecule has 0 bridgehead atoms. The van der Waals surface area contributed by atoms with E-state index in [-0.39, 0.29) is 0 Å². The van der Waals surface area contributed by atoms with Crippen LogP contribution in [0.1, 0.15) is 12.5 Å². The molecular weight excluding hydrogens is 275 g/mol. The number of nitro benzene ring substituents is 1. The molecule has 0 atom stereocenters. The van der Waals surface area contributed by atoms with Crippen molar-refractivity contribution in [3.8, 4) is 5.75 Å². The number of nitro groups is 1. The van der Waals surface area contributed by atoms with Gasteiger partial charge in [0.2, 0.25) is 5.82 Å². The van der Waals surface area contributed by atoms with E-state index < -0.39 is 16.4 Å². The maximum atomic E-state index is 13.3. The standard InChI is InChI=1S/C15H15FN2O3/c1-2-21-15-6-4-3-5-11(15)10-17-12-7-8-13(16)14(9-12)18(19)20/h3-9,17H,2,10H2,1H3. The zero-order chi connectivity index (χ0) is 15.2. The van der Waals surface area contributed by atoms with Crippen LogP contribution in [0.15, 0.2) is 42.5 Å². The van der Waals surface area contributed by atoms with Crippen molar-refractivity contribution in [1.29, 1.82) is 0 Å². The summed E-state index contributed by atoms with van der Waals surface area (Å²) in [5.74, 6) is -0.0932. The highest BCUT2D eigenvalue weighted by atomic mass is 19.1. The van der Waals surface area contributed by atoms with Gasteiger partial charge in [-0.1, -0.05) is 18.2 Å². The number of benzene rings is 2. The first-order valence-electron chi connectivity index (χ1n) is 6.50. The van der Waals surface area contributed by atoms with E-state index in [0.29, 0.717) is 18.8 Å². The van der Waals surface area contributed by atoms with Gasteiger partial charge in [0.05, 0.1) is 11.5 Å². The van der Waals surface area contributed by atoms with Crippen LogP contribution >= 0.6 is 0 Å². The fourth-order valence-electron chi connectivity index (χ4n) is 1.91. The molecule has 110 valence electrons. The Bertz CT molecular complexity index is 647. The zero-order valence-electron chi connectivity index (χ0n) is 11.5. The Labute approximate surface area is 121 Å². The van der Waals surface area contributed by atoms with E-state index >= 15 is 0 Å². The van der Waals surface area contributed by atoms with Crippen molar-refractivity contribution in [2.45, 2.75) is 13.5 Å². The summed E-state index contributed by atoms with van der Waals surface area (Å²) in [5, 5.41) is 13.7. The number of nitrogens with one attached hydrogen (secondary N) is 1. The van der Waals surface area contributed by atoms with Crippen molar-refractivity contribution in [2.75, 3.05) is 11.9 Å². The Hall–Kier alpha value is -2.63. The number of rotatable bonds is 6. The molecule has 0 unspecified atom stereocenters. The molecular formula is C15H15FN2O3. The summed E-state index contributed by atoms with van der Waals surface area (Å²) in [5.41, 5.74) is 0.860. The Morgan fingerprint density at radius 3 is 2.76 bits per heavy atom. The third-order valence-electron chi connectivity index (χ3n) is 2.90. The van der Waals surface area contributed by atoms with Gasteiger partial charge in [-0.25, -0.2) is 0 Å². The molecule has 5 nitrogen and oxygen atoms in total. The first kappa shape index (κ1) is 14.8. The highest BCUT2D eigenvalue weighted by molar-refractivity contribution is 5.52. The molecule has 2 rings (SSSR count). The van der Waals surface area contributed by atoms with Crippen LogP contribution < -0.4 is 10.1 Å². The third-order valence-corrected chi connectivity index (χ3v) is 2.90. The maximum Gasteiger partial charge on any atom is 0.306 e. The van der Waals surface area contributed by atoms with Gasteiger partial charge in [-0.3, -0.25) is 10.1 Å². The second kappa shape index (κ2) is 6.69. The van der Waals surface area contributed by atoms with E-state index in [9.17, 15) is 14.5 Å². The molecule has 2 aromatic rings. The van der Waals surface area contributed by atoms with Crippen LogP contribution in [-0.2, 0) is 6.54 Å². The number of anilines is 1. The van der Waals surface area contributed by atoms with Gasteiger partial charge >= 0.3 is 5.69 Å². The average Bonchev–Trinajstić information content (AvgIpc) is 2.47. The van der Waals surface area contributed by atoms with E-state index in [4.69, 9.17) is 4.74 Å². The summed E-state index contributed by atoms with van der Waals surface area (Å²) in [6.07, 6.45) is 0. The molecule has 0 aliphatic rings. The summed E-state index contributed by atoms with van der Waals surface area (Å²) < 4.78 is 18.8. The molecule has 0 saturated carbocycles. The van der Waals surface area contributed by atoms with Crippen LogP contribution in [0, 0.1) is 15.9 Å². The van der Waals surface area contributed by atoms with Crippen molar-refractivity contribution in [3.63, 3.8) is 0 Å². The largest absolute Gasteiger partial charge is 0.494 e. The van der Waals surface area contributed by atoms with Crippen LogP contribution in [-0.4, -0.2) is 11.5 Å². The Morgan fingerprint density at radius 1 is 1.29 bits per heavy atom. The lowest BCUT2D eigenvalue weighted by atomic mass is 10.2. The van der Waals surface area contributed by atoms with Gasteiger partial charge in [0, 0.05) is 23.9 Å². The Balaban J connectivity index is 2.13. The molecule has 6 heteroatoms. The van der Waals surface area contributed by atoms with Crippen molar-refractivity contribution in [2.24, 2.45) is 0 Å². The SMILES string of the molecule is CCOc1ccccc1CNc1ccc(F)c([N+](=O)[O-])c1. The van der Waals surface area contributed by atoms with Crippen LogP contribution in [0.4, 0.5) is 15.8 Å². The van der Waals surface area contributed by atoms with Gasteiger partial charge in [-0.05, 0) is 25.1 Å². The fraction of sp³-hybridized carbons (Fsp3) is 0.200. The number of para-hydroxylation sites is 1. The summed E-state index contributed by atoms with van der Waals surface area (Å²) >= 11 is 0. The quantitative estimate of drug-likeness (QED) is 0.650. The number of nitrogens with zero attached hydrogens (tertiary/aromatic N) is 1. The molecule has 1 N–H and O–H groups in total. The molecule has 0 fully saturated rings. The molecule has 0 aliphatic heterocycles. The first-order chi connectivity index (χ1) is 10.1. The molecule has 0 aromatic heterocycles. The summed E-state index contributed by atoms with van der Waals surface area (Å²) in [7, 11) is 0. The summed E-state index contributed by atoms with van der Waals surface area (Å²) in [6.45, 7) is 2.88. The lowest BCUT2D eigenvalue weighted by Crippen LogP contribution is -2.04. The fourth-order valence-corrected chi connectivity index (χ4v) is 1.91. The van der Waals surface area contributed by atoms with Crippen LogP contribution in [0.3, 0.4) is 0 Å². The van der Waals surface area contributed by atoms with Gasteiger partial charge in [0.1, 0.15) is 5.75 Å². The molecule has 0 amide bonds. The molecule has 0 heterocycles. The summed E-state index contributed by atoms with van der Waals surface area (Å²) in [4.78, 5) is 9.96. The van der Waals surface area contributed by atoms with Crippen LogP contribution in [0.25, 0.3) is 0 Å². The van der Waals surface area contributed by atoms with Crippen LogP contribution in [0.2, 0.25) is 0 Å². The van der Waals surface area contributed by atoms with Gasteiger partial charge in [0.25, 0.3) is 0 Å². The number of ether oxygens (including phenoxy) is 1. The third kappa shape index (κ3) is 3.68. The molecule has 0 spiro atoms. The van der Waals surface area contributed by atoms with Gasteiger partial charge < -0.3 is 10.1 Å². The second-order valence-electron chi connectivity index (χ2n) is 4.32. The number of hydrogen-bond acceptors (Lipinski definition) is 4. The normalized spacial score (nSPS) is 10.2. The average molecular weight is 290 g/mol. The van der Waals surface area contributed by atoms with Crippen molar-refractivity contribution >= 4 is 11.4 Å². The minimum atomic E-state index is -0.847. The first-order valence-corrected chi connectivity index (χ1v) is 6.50. The molecule has 21 heavy (non-hydrogen) atoms. The van der Waals surface area contributed by atoms with E-state index in [0.717, 1.165) is 17.4 Å². The predicted molar refractivity (Wildman–Crippen MR) is 78.0 cm³/mol. The van der Waals surface area contributed by atoms with E-state index in [2.05, 4.69) is 5.32 Å². The molecule has 0 radical (unpaired) electrons. The van der Waals surface area contributed by atoms with Gasteiger partial charge in [0.15, 0.2) is 0 Å². The van der Waals surface area contributed by atoms with Crippen molar-refractivity contribution in [1.82, 2.24) is 0 Å². The predicted octanol–water partition coefficient (Wildman–Crippen LogP) is 3.74. The van der Waals surface area contributed by atoms with Gasteiger partial charge in [-0.15, -0.1) is 0 Å². The lowest BCUT2D eigenvalue weighted by molar-refractivity contribution is -0.387. The zero-order valence-corrected chi connectivity index (χ0v) is 11.5. The molecule has 2 aromatic carbocycles. The van der Waals surface area contributed by atoms with Crippen LogP contribution in [0.5, 0.6) is 5.75 Å².